The second-order valence-corrected chi connectivity index (χ2v) is 23.1. The van der Waals surface area contributed by atoms with E-state index in [2.05, 4.69) is 35.4 Å². The fourth-order valence-electron chi connectivity index (χ4n) is 8.35. The second kappa shape index (κ2) is 21.5. The van der Waals surface area contributed by atoms with Gasteiger partial charge in [0.2, 0.25) is 29.6 Å². The summed E-state index contributed by atoms with van der Waals surface area (Å²) < 4.78 is 76.4. The summed E-state index contributed by atoms with van der Waals surface area (Å²) in [6, 6.07) is -2.29. The minimum absolute atomic E-state index is 0.0276. The van der Waals surface area contributed by atoms with Crippen LogP contribution in [0.3, 0.4) is 0 Å². The van der Waals surface area contributed by atoms with Crippen LogP contribution in [0.4, 0.5) is 0 Å². The summed E-state index contributed by atoms with van der Waals surface area (Å²) in [6.45, 7) is 22.2. The lowest BCUT2D eigenvalue weighted by molar-refractivity contribution is -0.154. The van der Waals surface area contributed by atoms with Crippen LogP contribution < -0.4 is 52.1 Å². The summed E-state index contributed by atoms with van der Waals surface area (Å²) in [6.07, 6.45) is 1.51. The molecule has 0 saturated heterocycles. The van der Waals surface area contributed by atoms with E-state index >= 15 is 0 Å². The Morgan fingerprint density at radius 2 is 1.09 bits per heavy atom. The van der Waals surface area contributed by atoms with Crippen molar-refractivity contribution in [3.05, 3.63) is 44.5 Å². The number of hydrogen-bond acceptors (Lipinski definition) is 14. The Labute approximate surface area is 406 Å². The van der Waals surface area contributed by atoms with Crippen LogP contribution in [0.15, 0.2) is 19.8 Å². The Morgan fingerprint density at radius 1 is 0.667 bits per heavy atom. The third kappa shape index (κ3) is 14.4. The van der Waals surface area contributed by atoms with E-state index in [1.54, 1.807) is 55.4 Å². The molecule has 0 unspecified atom stereocenters. The van der Waals surface area contributed by atoms with Gasteiger partial charge in [0.1, 0.15) is 40.9 Å². The number of fused-ring (bicyclic) bond motifs is 2. The number of aliphatic imine (C=N–C) groups is 2. The molecule has 2 atom stereocenters. The zero-order valence-corrected chi connectivity index (χ0v) is 43.8. The highest BCUT2D eigenvalue weighted by atomic mass is 32.2. The van der Waals surface area contributed by atoms with Gasteiger partial charge in [0, 0.05) is 37.1 Å². The molecule has 11 N–H and O–H groups in total. The van der Waals surface area contributed by atoms with Gasteiger partial charge in [-0.05, 0) is 149 Å². The molecular weight excluding hydrogens is 933 g/mol. The number of amides is 3. The standard InChI is InChI=1S/C46H72N10O11S2/c1-24-26(3)38(28(5)30-20-45(10,11)66-36(24)30)68(61,62)55-42(48)50-18-14-16-32(47)40(59)52-22-34(57)54-33(41(60)53-23-35(58)65-44(7,8)9)17-15-19-51-43(49)56-69(63,64)39-27(4)25(2)37-31(29(39)6)21-46(12,13)67-37/h32-33H,14-23,47H2,1-13H3,(H,52,59)(H,53,60)(H,54,57)(H3,48,50,55)(H3,49,51,56)/t32-,33-/m0/s1. The molecule has 4 rings (SSSR count). The van der Waals surface area contributed by atoms with Crippen LogP contribution in [-0.2, 0) is 56.8 Å². The van der Waals surface area contributed by atoms with Crippen molar-refractivity contribution < 1.29 is 50.2 Å². The molecule has 21 nitrogen and oxygen atoms in total. The van der Waals surface area contributed by atoms with Crippen LogP contribution in [0, 0.1) is 41.5 Å². The lowest BCUT2D eigenvalue weighted by atomic mass is 9.94. The van der Waals surface area contributed by atoms with Gasteiger partial charge < -0.3 is 47.4 Å². The molecule has 0 bridgehead atoms. The molecule has 0 saturated carbocycles. The number of benzene rings is 2. The molecule has 2 aromatic rings. The molecule has 69 heavy (non-hydrogen) atoms. The van der Waals surface area contributed by atoms with Crippen LogP contribution in [0.2, 0.25) is 0 Å². The molecule has 2 heterocycles. The molecule has 2 aromatic carbocycles. The number of esters is 1. The summed E-state index contributed by atoms with van der Waals surface area (Å²) in [4.78, 5) is 60.0. The number of sulfonamides is 2. The minimum atomic E-state index is -4.17. The molecule has 2 aliphatic heterocycles. The third-order valence-electron chi connectivity index (χ3n) is 11.7. The first-order chi connectivity index (χ1) is 31.7. The molecule has 0 spiro atoms. The fourth-order valence-corrected chi connectivity index (χ4v) is 11.4. The minimum Gasteiger partial charge on any atom is -0.487 e. The van der Waals surface area contributed by atoms with Crippen LogP contribution in [0.25, 0.3) is 0 Å². The van der Waals surface area contributed by atoms with Crippen LogP contribution in [0.1, 0.15) is 119 Å². The molecule has 0 fully saturated rings. The van der Waals surface area contributed by atoms with Crippen LogP contribution in [-0.4, -0.2) is 108 Å². The van der Waals surface area contributed by atoms with Gasteiger partial charge in [-0.15, -0.1) is 0 Å². The summed E-state index contributed by atoms with van der Waals surface area (Å²) in [5.74, 6) is -2.22. The smallest absolute Gasteiger partial charge is 0.325 e. The largest absolute Gasteiger partial charge is 0.487 e. The van der Waals surface area contributed by atoms with Gasteiger partial charge >= 0.3 is 5.97 Å². The van der Waals surface area contributed by atoms with Crippen molar-refractivity contribution in [2.24, 2.45) is 27.2 Å². The molecule has 0 radical (unpaired) electrons. The first kappa shape index (κ1) is 55.9. The lowest BCUT2D eigenvalue weighted by Crippen LogP contribution is -2.51. The highest BCUT2D eigenvalue weighted by Gasteiger charge is 2.38. The normalized spacial score (nSPS) is 16.3. The highest BCUT2D eigenvalue weighted by Crippen LogP contribution is 2.45. The maximum atomic E-state index is 13.6. The van der Waals surface area contributed by atoms with E-state index in [9.17, 15) is 36.0 Å². The Balaban J connectivity index is 1.31. The Bertz CT molecular complexity index is 2640. The molecule has 0 aromatic heterocycles. The topological polar surface area (TPSA) is 327 Å². The van der Waals surface area contributed by atoms with Gasteiger partial charge in [-0.3, -0.25) is 29.2 Å². The number of ether oxygens (including phenoxy) is 3. The summed E-state index contributed by atoms with van der Waals surface area (Å²) in [5, 5.41) is 7.42. The van der Waals surface area contributed by atoms with Crippen LogP contribution in [0.5, 0.6) is 11.5 Å². The van der Waals surface area contributed by atoms with Gasteiger partial charge in [-0.1, -0.05) is 0 Å². The first-order valence-electron chi connectivity index (χ1n) is 22.8. The molecule has 384 valence electrons. The van der Waals surface area contributed by atoms with E-state index in [1.165, 1.54) is 0 Å². The van der Waals surface area contributed by atoms with E-state index in [1.807, 2.05) is 34.6 Å². The average molecular weight is 1010 g/mol. The predicted molar refractivity (Wildman–Crippen MR) is 262 cm³/mol. The van der Waals surface area contributed by atoms with Crippen molar-refractivity contribution in [1.82, 2.24) is 25.4 Å². The molecule has 2 aliphatic rings. The first-order valence-corrected chi connectivity index (χ1v) is 25.7. The van der Waals surface area contributed by atoms with Gasteiger partial charge in [0.25, 0.3) is 20.0 Å². The van der Waals surface area contributed by atoms with E-state index < -0.39 is 85.7 Å². The van der Waals surface area contributed by atoms with Crippen molar-refractivity contribution in [2.45, 2.75) is 167 Å². The molecule has 3 amide bonds. The monoisotopic (exact) mass is 1000 g/mol. The number of hydrogen-bond donors (Lipinski definition) is 8. The zero-order valence-electron chi connectivity index (χ0n) is 42.2. The number of nitrogens with two attached hydrogens (primary N) is 3. The number of nitrogens with one attached hydrogen (secondary N) is 5. The predicted octanol–water partition coefficient (Wildman–Crippen LogP) is 1.80. The summed E-state index contributed by atoms with van der Waals surface area (Å²) in [7, 11) is -8.29. The highest BCUT2D eigenvalue weighted by molar-refractivity contribution is 7.90. The number of guanidine groups is 2. The average Bonchev–Trinajstić information content (AvgIpc) is 3.73. The number of carbonyl (C=O) groups excluding carboxylic acids is 4. The van der Waals surface area contributed by atoms with Crippen molar-refractivity contribution in [1.29, 1.82) is 0 Å². The lowest BCUT2D eigenvalue weighted by Gasteiger charge is -2.21. The Morgan fingerprint density at radius 3 is 1.52 bits per heavy atom. The van der Waals surface area contributed by atoms with Gasteiger partial charge in [0.05, 0.1) is 22.4 Å². The molecular formula is C46H72N10O11S2. The zero-order chi connectivity index (χ0) is 52.2. The number of nitrogens with zero attached hydrogens (tertiary/aromatic N) is 2. The fraction of sp³-hybridized carbons (Fsp3) is 0.609. The van der Waals surface area contributed by atoms with Crippen molar-refractivity contribution in [3.8, 4) is 11.5 Å². The third-order valence-corrected chi connectivity index (χ3v) is 15.0. The second-order valence-electron chi connectivity index (χ2n) is 19.9. The maximum Gasteiger partial charge on any atom is 0.325 e. The van der Waals surface area contributed by atoms with E-state index in [0.717, 1.165) is 16.7 Å². The maximum absolute atomic E-state index is 13.6. The number of rotatable bonds is 19. The van der Waals surface area contributed by atoms with Crippen molar-refractivity contribution in [3.63, 3.8) is 0 Å². The van der Waals surface area contributed by atoms with E-state index in [4.69, 9.17) is 31.4 Å². The van der Waals surface area contributed by atoms with Crippen LogP contribution >= 0.6 is 0 Å². The quantitative estimate of drug-likeness (QED) is 0.0431. The molecule has 23 heteroatoms. The van der Waals surface area contributed by atoms with Gasteiger partial charge in [0.15, 0.2) is 0 Å². The Hall–Kier alpha value is -5.68. The van der Waals surface area contributed by atoms with Gasteiger partial charge in [-0.25, -0.2) is 26.3 Å². The van der Waals surface area contributed by atoms with Crippen molar-refractivity contribution in [2.75, 3.05) is 26.2 Å². The SMILES string of the molecule is Cc1c(C)c(S(=O)(=O)NC(N)=NCCC[C@H](NC(=O)CNC(=O)[C@@H](N)CCCN=C(N)NS(=O)(=O)c2c(C)c(C)c3c(c2C)CC(C)(C)O3)C(=O)NCC(=O)OC(C)(C)C)c(C)c2c1OC(C)(C)C2. The Kier molecular flexibility index (Phi) is 17.4. The van der Waals surface area contributed by atoms with E-state index in [0.29, 0.717) is 52.2 Å². The summed E-state index contributed by atoms with van der Waals surface area (Å²) in [5.41, 5.74) is 21.6. The van der Waals surface area contributed by atoms with Gasteiger partial charge in [-0.2, -0.15) is 0 Å². The molecule has 0 aliphatic carbocycles. The number of carbonyl (C=O) groups is 4. The van der Waals surface area contributed by atoms with E-state index in [-0.39, 0.29) is 60.5 Å². The summed E-state index contributed by atoms with van der Waals surface area (Å²) >= 11 is 0. The van der Waals surface area contributed by atoms with Crippen molar-refractivity contribution >= 4 is 55.7 Å².